The molecule has 0 amide bonds. The molecule has 0 unspecified atom stereocenters. The van der Waals surface area contributed by atoms with E-state index in [-0.39, 0.29) is 4.91 Å². The van der Waals surface area contributed by atoms with Crippen LogP contribution in [0.15, 0.2) is 52.4 Å². The van der Waals surface area contributed by atoms with E-state index in [4.69, 9.17) is 4.74 Å². The lowest BCUT2D eigenvalue weighted by Crippen LogP contribution is -2.12. The molecule has 1 N–H and O–H groups in total. The van der Waals surface area contributed by atoms with Crippen molar-refractivity contribution in [2.45, 2.75) is 20.8 Å². The third kappa shape index (κ3) is 3.30. The van der Waals surface area contributed by atoms with Gasteiger partial charge in [0.05, 0.1) is 7.11 Å². The monoisotopic (exact) mass is 356 g/mol. The zero-order chi connectivity index (χ0) is 18.2. The molecule has 0 saturated carbocycles. The van der Waals surface area contributed by atoms with Crippen LogP contribution in [-0.2, 0) is 10.0 Å². The average molecular weight is 356 g/mol. The van der Waals surface area contributed by atoms with Gasteiger partial charge in [0, 0.05) is 11.3 Å². The molecule has 2 aromatic rings. The number of benzene rings is 2. The molecular formula is C19H20N2O3S. The standard InChI is InChI=1S/C19H20N2O3S/c1-12-5-10-17(13(2)11-12)20-19-14(3)18(25(22,23)21-19)15-6-8-16(24-4)9-7-15/h5-11H,1-4H3,(H,20,21). The number of ether oxygens (including phenoxy) is 1. The van der Waals surface area contributed by atoms with Gasteiger partial charge in [0.2, 0.25) is 0 Å². The first kappa shape index (κ1) is 17.2. The van der Waals surface area contributed by atoms with Crippen molar-refractivity contribution in [3.8, 4) is 5.75 Å². The van der Waals surface area contributed by atoms with E-state index in [9.17, 15) is 8.42 Å². The molecule has 25 heavy (non-hydrogen) atoms. The second-order valence-electron chi connectivity index (χ2n) is 6.04. The summed E-state index contributed by atoms with van der Waals surface area (Å²) in [5.74, 6) is 1.03. The van der Waals surface area contributed by atoms with Crippen molar-refractivity contribution in [1.29, 1.82) is 0 Å². The molecule has 2 aromatic carbocycles. The SMILES string of the molecule is COc1ccc(C2=C(C)C(Nc3ccc(C)cc3C)=NS2(=O)=O)cc1. The van der Waals surface area contributed by atoms with Crippen LogP contribution < -0.4 is 10.1 Å². The summed E-state index contributed by atoms with van der Waals surface area (Å²) in [6.07, 6.45) is 0. The summed E-state index contributed by atoms with van der Waals surface area (Å²) in [6, 6.07) is 12.9. The number of nitrogens with one attached hydrogen (secondary N) is 1. The Morgan fingerprint density at radius 1 is 1.00 bits per heavy atom. The molecule has 1 aliphatic heterocycles. The highest BCUT2D eigenvalue weighted by Crippen LogP contribution is 2.34. The summed E-state index contributed by atoms with van der Waals surface area (Å²) in [5, 5.41) is 3.15. The van der Waals surface area contributed by atoms with Gasteiger partial charge in [-0.2, -0.15) is 8.42 Å². The maximum atomic E-state index is 12.6. The van der Waals surface area contributed by atoms with Gasteiger partial charge in [-0.25, -0.2) is 0 Å². The summed E-state index contributed by atoms with van der Waals surface area (Å²) in [7, 11) is -2.16. The van der Waals surface area contributed by atoms with Gasteiger partial charge in [-0.15, -0.1) is 4.40 Å². The third-order valence-electron chi connectivity index (χ3n) is 4.15. The summed E-state index contributed by atoms with van der Waals surface area (Å²) < 4.78 is 34.2. The van der Waals surface area contributed by atoms with Crippen LogP contribution in [0.25, 0.3) is 4.91 Å². The van der Waals surface area contributed by atoms with Gasteiger partial charge in [-0.1, -0.05) is 17.7 Å². The van der Waals surface area contributed by atoms with Gasteiger partial charge in [-0.3, -0.25) is 0 Å². The second kappa shape index (κ2) is 6.37. The number of rotatable bonds is 3. The van der Waals surface area contributed by atoms with E-state index in [0.717, 1.165) is 16.8 Å². The summed E-state index contributed by atoms with van der Waals surface area (Å²) in [5.41, 5.74) is 4.22. The van der Waals surface area contributed by atoms with E-state index >= 15 is 0 Å². The Kier molecular flexibility index (Phi) is 4.39. The number of amidine groups is 1. The van der Waals surface area contributed by atoms with Crippen molar-refractivity contribution in [3.63, 3.8) is 0 Å². The third-order valence-corrected chi connectivity index (χ3v) is 5.63. The lowest BCUT2D eigenvalue weighted by molar-refractivity contribution is 0.415. The first-order valence-electron chi connectivity index (χ1n) is 7.87. The number of anilines is 1. The Balaban J connectivity index is 2.00. The van der Waals surface area contributed by atoms with E-state index in [2.05, 4.69) is 9.71 Å². The van der Waals surface area contributed by atoms with Gasteiger partial charge in [0.25, 0.3) is 10.0 Å². The second-order valence-corrected chi connectivity index (χ2v) is 7.58. The molecule has 0 radical (unpaired) electrons. The minimum atomic E-state index is -3.73. The van der Waals surface area contributed by atoms with Crippen molar-refractivity contribution >= 4 is 26.5 Å². The number of sulfonamides is 1. The first-order valence-corrected chi connectivity index (χ1v) is 9.31. The first-order chi connectivity index (χ1) is 11.8. The topological polar surface area (TPSA) is 67.8 Å². The van der Waals surface area contributed by atoms with Crippen LogP contribution in [0, 0.1) is 13.8 Å². The van der Waals surface area contributed by atoms with Crippen LogP contribution >= 0.6 is 0 Å². The van der Waals surface area contributed by atoms with Crippen LogP contribution in [0.2, 0.25) is 0 Å². The molecule has 3 rings (SSSR count). The molecule has 0 aliphatic carbocycles. The highest BCUT2D eigenvalue weighted by molar-refractivity contribution is 8.00. The van der Waals surface area contributed by atoms with Crippen molar-refractivity contribution in [3.05, 3.63) is 64.7 Å². The fourth-order valence-electron chi connectivity index (χ4n) is 2.84. The molecule has 130 valence electrons. The molecule has 0 fully saturated rings. The van der Waals surface area contributed by atoms with Crippen LogP contribution in [-0.4, -0.2) is 21.4 Å². The predicted octanol–water partition coefficient (Wildman–Crippen LogP) is 3.90. The number of hydrogen-bond donors (Lipinski definition) is 1. The van der Waals surface area contributed by atoms with Crippen molar-refractivity contribution in [2.24, 2.45) is 4.40 Å². The average Bonchev–Trinajstić information content (AvgIpc) is 2.79. The van der Waals surface area contributed by atoms with Gasteiger partial charge >= 0.3 is 0 Å². The van der Waals surface area contributed by atoms with Gasteiger partial charge < -0.3 is 10.1 Å². The van der Waals surface area contributed by atoms with Crippen molar-refractivity contribution < 1.29 is 13.2 Å². The Morgan fingerprint density at radius 3 is 2.28 bits per heavy atom. The minimum absolute atomic E-state index is 0.224. The number of hydrogen-bond acceptors (Lipinski definition) is 4. The fraction of sp³-hybridized carbons (Fsp3) is 0.211. The number of methoxy groups -OCH3 is 1. The lowest BCUT2D eigenvalue weighted by atomic mass is 10.1. The summed E-state index contributed by atoms with van der Waals surface area (Å²) in [6.45, 7) is 5.75. The molecular weight excluding hydrogens is 336 g/mol. The zero-order valence-electron chi connectivity index (χ0n) is 14.6. The molecule has 5 nitrogen and oxygen atoms in total. The normalized spacial score (nSPS) is 15.9. The smallest absolute Gasteiger partial charge is 0.285 e. The molecule has 0 atom stereocenters. The van der Waals surface area contributed by atoms with Crippen LogP contribution in [0.1, 0.15) is 23.6 Å². The van der Waals surface area contributed by atoms with Gasteiger partial charge in [-0.05, 0) is 62.2 Å². The Bertz CT molecular complexity index is 988. The number of nitrogens with zero attached hydrogens (tertiary/aromatic N) is 1. The van der Waals surface area contributed by atoms with Crippen LogP contribution in [0.3, 0.4) is 0 Å². The van der Waals surface area contributed by atoms with E-state index < -0.39 is 10.0 Å². The molecule has 1 aliphatic rings. The molecule has 1 heterocycles. The molecule has 0 bridgehead atoms. The Morgan fingerprint density at radius 2 is 1.68 bits per heavy atom. The molecule has 0 saturated heterocycles. The number of aryl methyl sites for hydroxylation is 2. The Labute approximate surface area is 148 Å². The van der Waals surface area contributed by atoms with Crippen molar-refractivity contribution in [1.82, 2.24) is 0 Å². The maximum absolute atomic E-state index is 12.6. The quantitative estimate of drug-likeness (QED) is 0.906. The van der Waals surface area contributed by atoms with Crippen LogP contribution in [0.5, 0.6) is 5.75 Å². The van der Waals surface area contributed by atoms with Crippen LogP contribution in [0.4, 0.5) is 5.69 Å². The van der Waals surface area contributed by atoms with E-state index in [0.29, 0.717) is 22.7 Å². The lowest BCUT2D eigenvalue weighted by Gasteiger charge is -2.10. The van der Waals surface area contributed by atoms with Crippen molar-refractivity contribution in [2.75, 3.05) is 12.4 Å². The van der Waals surface area contributed by atoms with E-state index in [1.54, 1.807) is 38.3 Å². The molecule has 6 heteroatoms. The highest BCUT2D eigenvalue weighted by atomic mass is 32.2. The zero-order valence-corrected chi connectivity index (χ0v) is 15.4. The van der Waals surface area contributed by atoms with E-state index in [1.807, 2.05) is 32.0 Å². The minimum Gasteiger partial charge on any atom is -0.497 e. The highest BCUT2D eigenvalue weighted by Gasteiger charge is 2.31. The largest absolute Gasteiger partial charge is 0.497 e. The maximum Gasteiger partial charge on any atom is 0.285 e. The Hall–Kier alpha value is -2.60. The fourth-order valence-corrected chi connectivity index (χ4v) is 4.27. The summed E-state index contributed by atoms with van der Waals surface area (Å²) in [4.78, 5) is 0.224. The molecule has 0 aromatic heterocycles. The van der Waals surface area contributed by atoms with Gasteiger partial charge in [0.15, 0.2) is 0 Å². The predicted molar refractivity (Wildman–Crippen MR) is 101 cm³/mol. The van der Waals surface area contributed by atoms with E-state index in [1.165, 1.54) is 0 Å². The summed E-state index contributed by atoms with van der Waals surface area (Å²) >= 11 is 0. The van der Waals surface area contributed by atoms with Gasteiger partial charge in [0.1, 0.15) is 16.5 Å². The molecule has 0 spiro atoms.